The van der Waals surface area contributed by atoms with Crippen LogP contribution in [0.4, 0.5) is 5.82 Å². The Morgan fingerprint density at radius 3 is 2.17 bits per heavy atom. The Kier molecular flexibility index (Phi) is 5.76. The molecule has 1 aliphatic rings. The number of ether oxygens (including phenoxy) is 1. The number of nitrogens with zero attached hydrogens (tertiary/aromatic N) is 4. The molecule has 29 heavy (non-hydrogen) atoms. The number of carbonyl (C=O) groups excluding carboxylic acids is 1. The molecule has 0 bridgehead atoms. The average molecular weight is 453 g/mol. The van der Waals surface area contributed by atoms with Crippen molar-refractivity contribution in [2.45, 2.75) is 0 Å². The van der Waals surface area contributed by atoms with Crippen molar-refractivity contribution in [2.24, 2.45) is 0 Å². The lowest BCUT2D eigenvalue weighted by Gasteiger charge is -2.35. The first kappa shape index (κ1) is 19.4. The van der Waals surface area contributed by atoms with E-state index in [2.05, 4.69) is 31.0 Å². The average Bonchev–Trinajstić information content (AvgIpc) is 2.79. The molecule has 2 heterocycles. The fraction of sp³-hybridized carbons (Fsp3) is 0.227. The SMILES string of the molecule is COc1ccc(-c2ccc(N3CCN(C(=O)c4ccc(Br)cc4)CC3)nn2)cc1. The van der Waals surface area contributed by atoms with Gasteiger partial charge in [0.2, 0.25) is 0 Å². The minimum atomic E-state index is 0.0677. The molecule has 1 fully saturated rings. The molecule has 0 saturated carbocycles. The highest BCUT2D eigenvalue weighted by molar-refractivity contribution is 9.10. The van der Waals surface area contributed by atoms with Gasteiger partial charge >= 0.3 is 0 Å². The molecule has 1 aromatic heterocycles. The van der Waals surface area contributed by atoms with Crippen LogP contribution >= 0.6 is 15.9 Å². The van der Waals surface area contributed by atoms with Crippen molar-refractivity contribution in [2.75, 3.05) is 38.2 Å². The molecule has 4 rings (SSSR count). The van der Waals surface area contributed by atoms with Crippen molar-refractivity contribution in [3.05, 3.63) is 70.7 Å². The van der Waals surface area contributed by atoms with Crippen molar-refractivity contribution < 1.29 is 9.53 Å². The van der Waals surface area contributed by atoms with Crippen LogP contribution in [-0.4, -0.2) is 54.3 Å². The third kappa shape index (κ3) is 4.40. The minimum absolute atomic E-state index is 0.0677. The molecule has 3 aromatic rings. The van der Waals surface area contributed by atoms with E-state index in [1.54, 1.807) is 7.11 Å². The molecule has 2 aromatic carbocycles. The smallest absolute Gasteiger partial charge is 0.253 e. The summed E-state index contributed by atoms with van der Waals surface area (Å²) in [5.41, 5.74) is 2.53. The van der Waals surface area contributed by atoms with Gasteiger partial charge in [-0.05, 0) is 60.7 Å². The van der Waals surface area contributed by atoms with Gasteiger partial charge in [-0.25, -0.2) is 0 Å². The molecular formula is C22H21BrN4O2. The van der Waals surface area contributed by atoms with Crippen molar-refractivity contribution >= 4 is 27.7 Å². The Balaban J connectivity index is 1.38. The maximum absolute atomic E-state index is 12.7. The molecule has 1 amide bonds. The zero-order valence-electron chi connectivity index (χ0n) is 16.1. The van der Waals surface area contributed by atoms with E-state index in [0.717, 1.165) is 40.4 Å². The molecule has 6 nitrogen and oxygen atoms in total. The molecule has 7 heteroatoms. The predicted octanol–water partition coefficient (Wildman–Crippen LogP) is 3.88. The summed E-state index contributed by atoms with van der Waals surface area (Å²) in [6.45, 7) is 2.80. The Hall–Kier alpha value is -2.93. The summed E-state index contributed by atoms with van der Waals surface area (Å²) in [6.07, 6.45) is 0. The number of methoxy groups -OCH3 is 1. The van der Waals surface area contributed by atoms with Crippen LogP contribution in [0.5, 0.6) is 5.75 Å². The Morgan fingerprint density at radius 1 is 0.897 bits per heavy atom. The number of aromatic nitrogens is 2. The van der Waals surface area contributed by atoms with Crippen LogP contribution in [0.3, 0.4) is 0 Å². The highest BCUT2D eigenvalue weighted by Gasteiger charge is 2.23. The van der Waals surface area contributed by atoms with Crippen LogP contribution in [-0.2, 0) is 0 Å². The van der Waals surface area contributed by atoms with Gasteiger partial charge in [0.15, 0.2) is 5.82 Å². The maximum Gasteiger partial charge on any atom is 0.253 e. The van der Waals surface area contributed by atoms with E-state index in [0.29, 0.717) is 18.7 Å². The summed E-state index contributed by atoms with van der Waals surface area (Å²) in [6, 6.07) is 19.2. The lowest BCUT2D eigenvalue weighted by Crippen LogP contribution is -2.49. The van der Waals surface area contributed by atoms with E-state index in [1.165, 1.54) is 0 Å². The fourth-order valence-corrected chi connectivity index (χ4v) is 3.59. The number of rotatable bonds is 4. The molecule has 0 radical (unpaired) electrons. The van der Waals surface area contributed by atoms with Gasteiger partial charge in [-0.15, -0.1) is 10.2 Å². The Bertz CT molecular complexity index is 967. The number of benzene rings is 2. The standard InChI is InChI=1S/C22H21BrN4O2/c1-29-19-8-4-16(5-9-19)20-10-11-21(25-24-20)26-12-14-27(15-13-26)22(28)17-2-6-18(23)7-3-17/h2-11H,12-15H2,1H3. The molecule has 1 aliphatic heterocycles. The number of halogens is 1. The first-order chi connectivity index (χ1) is 14.1. The maximum atomic E-state index is 12.7. The molecule has 1 saturated heterocycles. The third-order valence-electron chi connectivity index (χ3n) is 5.02. The van der Waals surface area contributed by atoms with Crippen LogP contribution in [0.2, 0.25) is 0 Å². The van der Waals surface area contributed by atoms with Crippen LogP contribution in [0, 0.1) is 0 Å². The van der Waals surface area contributed by atoms with Crippen molar-refractivity contribution in [3.63, 3.8) is 0 Å². The highest BCUT2D eigenvalue weighted by atomic mass is 79.9. The van der Waals surface area contributed by atoms with Crippen molar-refractivity contribution in [1.82, 2.24) is 15.1 Å². The fourth-order valence-electron chi connectivity index (χ4n) is 3.32. The van der Waals surface area contributed by atoms with E-state index < -0.39 is 0 Å². The van der Waals surface area contributed by atoms with Gasteiger partial charge in [-0.3, -0.25) is 4.79 Å². The Labute approximate surface area is 178 Å². The summed E-state index contributed by atoms with van der Waals surface area (Å²) >= 11 is 3.40. The number of anilines is 1. The Morgan fingerprint density at radius 2 is 1.59 bits per heavy atom. The van der Waals surface area contributed by atoms with E-state index in [-0.39, 0.29) is 5.91 Å². The lowest BCUT2D eigenvalue weighted by molar-refractivity contribution is 0.0746. The number of amides is 1. The van der Waals surface area contributed by atoms with Gasteiger partial charge in [0.25, 0.3) is 5.91 Å². The molecule has 148 valence electrons. The van der Waals surface area contributed by atoms with E-state index in [1.807, 2.05) is 65.6 Å². The zero-order chi connectivity index (χ0) is 20.2. The van der Waals surface area contributed by atoms with Crippen LogP contribution < -0.4 is 9.64 Å². The van der Waals surface area contributed by atoms with Crippen LogP contribution in [0.15, 0.2) is 65.1 Å². The molecule has 0 unspecified atom stereocenters. The lowest BCUT2D eigenvalue weighted by atomic mass is 10.1. The molecule has 0 atom stereocenters. The number of hydrogen-bond acceptors (Lipinski definition) is 5. The summed E-state index contributed by atoms with van der Waals surface area (Å²) in [5.74, 6) is 1.71. The second-order valence-electron chi connectivity index (χ2n) is 6.79. The third-order valence-corrected chi connectivity index (χ3v) is 5.55. The first-order valence-electron chi connectivity index (χ1n) is 9.42. The summed E-state index contributed by atoms with van der Waals surface area (Å²) in [7, 11) is 1.65. The van der Waals surface area contributed by atoms with Gasteiger partial charge in [0, 0.05) is 41.8 Å². The largest absolute Gasteiger partial charge is 0.497 e. The van der Waals surface area contributed by atoms with Crippen LogP contribution in [0.1, 0.15) is 10.4 Å². The van der Waals surface area contributed by atoms with Gasteiger partial charge in [0.05, 0.1) is 12.8 Å². The second-order valence-corrected chi connectivity index (χ2v) is 7.71. The quantitative estimate of drug-likeness (QED) is 0.600. The van der Waals surface area contributed by atoms with E-state index in [4.69, 9.17) is 4.74 Å². The van der Waals surface area contributed by atoms with Crippen LogP contribution in [0.25, 0.3) is 11.3 Å². The zero-order valence-corrected chi connectivity index (χ0v) is 17.7. The molecule has 0 aliphatic carbocycles. The van der Waals surface area contributed by atoms with Gasteiger partial charge in [-0.2, -0.15) is 0 Å². The first-order valence-corrected chi connectivity index (χ1v) is 10.2. The topological polar surface area (TPSA) is 58.6 Å². The molecular weight excluding hydrogens is 432 g/mol. The predicted molar refractivity (Wildman–Crippen MR) is 116 cm³/mol. The van der Waals surface area contributed by atoms with Crippen molar-refractivity contribution in [3.8, 4) is 17.0 Å². The highest BCUT2D eigenvalue weighted by Crippen LogP contribution is 2.22. The van der Waals surface area contributed by atoms with Gasteiger partial charge < -0.3 is 14.5 Å². The normalized spacial score (nSPS) is 14.0. The summed E-state index contributed by atoms with van der Waals surface area (Å²) in [5, 5.41) is 8.77. The van der Waals surface area contributed by atoms with Gasteiger partial charge in [-0.1, -0.05) is 15.9 Å². The second kappa shape index (κ2) is 8.61. The number of carbonyl (C=O) groups is 1. The monoisotopic (exact) mass is 452 g/mol. The van der Waals surface area contributed by atoms with Crippen molar-refractivity contribution in [1.29, 1.82) is 0 Å². The minimum Gasteiger partial charge on any atom is -0.497 e. The molecule has 0 N–H and O–H groups in total. The van der Waals surface area contributed by atoms with E-state index in [9.17, 15) is 4.79 Å². The van der Waals surface area contributed by atoms with E-state index >= 15 is 0 Å². The van der Waals surface area contributed by atoms with Gasteiger partial charge in [0.1, 0.15) is 5.75 Å². The summed E-state index contributed by atoms with van der Waals surface area (Å²) < 4.78 is 6.16. The molecule has 0 spiro atoms. The summed E-state index contributed by atoms with van der Waals surface area (Å²) in [4.78, 5) is 16.7. The number of piperazine rings is 1. The number of hydrogen-bond donors (Lipinski definition) is 0.